The molecule has 1 aliphatic heterocycles. The van der Waals surface area contributed by atoms with Crippen LogP contribution in [0.4, 0.5) is 10.1 Å². The largest absolute Gasteiger partial charge is 0.497 e. The molecule has 2 aromatic rings. The van der Waals surface area contributed by atoms with Crippen LogP contribution in [0.2, 0.25) is 0 Å². The van der Waals surface area contributed by atoms with Crippen LogP contribution in [0.5, 0.6) is 5.75 Å². The van der Waals surface area contributed by atoms with Gasteiger partial charge >= 0.3 is 0 Å². The molecule has 2 atom stereocenters. The third kappa shape index (κ3) is 3.85. The number of hydrogen-bond donors (Lipinski definition) is 1. The highest BCUT2D eigenvalue weighted by Gasteiger charge is 2.35. The summed E-state index contributed by atoms with van der Waals surface area (Å²) in [5, 5.41) is 2.87. The lowest BCUT2D eigenvalue weighted by molar-refractivity contribution is -0.126. The Kier molecular flexibility index (Phi) is 5.21. The number of rotatable bonds is 5. The van der Waals surface area contributed by atoms with Crippen LogP contribution < -0.4 is 15.0 Å². The zero-order chi connectivity index (χ0) is 18.7. The summed E-state index contributed by atoms with van der Waals surface area (Å²) in [4.78, 5) is 26.5. The van der Waals surface area contributed by atoms with Gasteiger partial charge in [0.05, 0.1) is 19.1 Å². The number of methoxy groups -OCH3 is 1. The molecular formula is C20H21FN2O3. The highest BCUT2D eigenvalue weighted by Crippen LogP contribution is 2.28. The summed E-state index contributed by atoms with van der Waals surface area (Å²) in [5.41, 5.74) is 1.40. The van der Waals surface area contributed by atoms with Crippen molar-refractivity contribution in [3.8, 4) is 5.75 Å². The van der Waals surface area contributed by atoms with Gasteiger partial charge in [0.25, 0.3) is 0 Å². The number of halogens is 1. The van der Waals surface area contributed by atoms with Gasteiger partial charge in [0.2, 0.25) is 11.8 Å². The second kappa shape index (κ2) is 7.56. The number of carbonyl (C=O) groups is 2. The first-order chi connectivity index (χ1) is 12.5. The van der Waals surface area contributed by atoms with E-state index in [0.717, 1.165) is 0 Å². The monoisotopic (exact) mass is 356 g/mol. The van der Waals surface area contributed by atoms with Gasteiger partial charge in [-0.25, -0.2) is 4.39 Å². The molecule has 1 aliphatic rings. The fraction of sp³-hybridized carbons (Fsp3) is 0.300. The number of hydrogen-bond acceptors (Lipinski definition) is 3. The van der Waals surface area contributed by atoms with Gasteiger partial charge in [0.15, 0.2) is 0 Å². The first-order valence-corrected chi connectivity index (χ1v) is 8.48. The lowest BCUT2D eigenvalue weighted by Gasteiger charge is -2.19. The molecular weight excluding hydrogens is 335 g/mol. The molecule has 0 radical (unpaired) electrons. The van der Waals surface area contributed by atoms with Crippen molar-refractivity contribution in [2.24, 2.45) is 5.92 Å². The van der Waals surface area contributed by atoms with Crippen molar-refractivity contribution in [1.82, 2.24) is 5.32 Å². The van der Waals surface area contributed by atoms with Gasteiger partial charge in [-0.1, -0.05) is 18.2 Å². The lowest BCUT2D eigenvalue weighted by Crippen LogP contribution is -2.34. The van der Waals surface area contributed by atoms with Crippen LogP contribution in [-0.4, -0.2) is 25.5 Å². The Labute approximate surface area is 151 Å². The molecule has 0 spiro atoms. The molecule has 26 heavy (non-hydrogen) atoms. The molecule has 3 rings (SSSR count). The molecule has 136 valence electrons. The molecule has 0 saturated carbocycles. The first kappa shape index (κ1) is 17.9. The van der Waals surface area contributed by atoms with E-state index in [-0.39, 0.29) is 30.1 Å². The molecule has 6 heteroatoms. The molecule has 2 amide bonds. The van der Waals surface area contributed by atoms with Crippen LogP contribution in [0.1, 0.15) is 24.9 Å². The quantitative estimate of drug-likeness (QED) is 0.896. The van der Waals surface area contributed by atoms with E-state index in [0.29, 0.717) is 23.5 Å². The average molecular weight is 356 g/mol. The van der Waals surface area contributed by atoms with E-state index in [1.54, 1.807) is 49.3 Å². The molecule has 0 unspecified atom stereocenters. The van der Waals surface area contributed by atoms with Crippen LogP contribution >= 0.6 is 0 Å². The van der Waals surface area contributed by atoms with E-state index < -0.39 is 5.92 Å². The minimum Gasteiger partial charge on any atom is -0.497 e. The third-order valence-corrected chi connectivity index (χ3v) is 4.57. The third-order valence-electron chi connectivity index (χ3n) is 4.57. The molecule has 5 nitrogen and oxygen atoms in total. The van der Waals surface area contributed by atoms with Crippen LogP contribution in [0.25, 0.3) is 0 Å². The van der Waals surface area contributed by atoms with Gasteiger partial charge in [0.1, 0.15) is 11.6 Å². The van der Waals surface area contributed by atoms with Crippen LogP contribution in [-0.2, 0) is 9.59 Å². The smallest absolute Gasteiger partial charge is 0.227 e. The Balaban J connectivity index is 1.67. The van der Waals surface area contributed by atoms with Crippen LogP contribution in [0, 0.1) is 11.7 Å². The van der Waals surface area contributed by atoms with Crippen molar-refractivity contribution in [2.75, 3.05) is 18.6 Å². The predicted octanol–water partition coefficient (Wildman–Crippen LogP) is 3.06. The minimum absolute atomic E-state index is 0.100. The van der Waals surface area contributed by atoms with Gasteiger partial charge < -0.3 is 15.0 Å². The van der Waals surface area contributed by atoms with Gasteiger partial charge in [-0.05, 0) is 36.8 Å². The second-order valence-corrected chi connectivity index (χ2v) is 6.39. The minimum atomic E-state index is -0.440. The maximum absolute atomic E-state index is 13.3. The van der Waals surface area contributed by atoms with E-state index >= 15 is 0 Å². The summed E-state index contributed by atoms with van der Waals surface area (Å²) in [6.07, 6.45) is 0.152. The second-order valence-electron chi connectivity index (χ2n) is 6.39. The van der Waals surface area contributed by atoms with Crippen molar-refractivity contribution in [3.05, 3.63) is 59.9 Å². The zero-order valence-corrected chi connectivity index (χ0v) is 14.7. The van der Waals surface area contributed by atoms with Crippen molar-refractivity contribution in [1.29, 1.82) is 0 Å². The summed E-state index contributed by atoms with van der Waals surface area (Å²) >= 11 is 0. The normalized spacial score (nSPS) is 17.9. The topological polar surface area (TPSA) is 58.6 Å². The lowest BCUT2D eigenvalue weighted by atomic mass is 10.0. The Bertz CT molecular complexity index is 824. The van der Waals surface area contributed by atoms with Crippen LogP contribution in [0.15, 0.2) is 48.5 Å². The van der Waals surface area contributed by atoms with E-state index in [4.69, 9.17) is 4.74 Å². The maximum atomic E-state index is 13.3. The molecule has 1 saturated heterocycles. The van der Waals surface area contributed by atoms with E-state index in [2.05, 4.69) is 5.32 Å². The average Bonchev–Trinajstić information content (AvgIpc) is 3.03. The first-order valence-electron chi connectivity index (χ1n) is 8.48. The van der Waals surface area contributed by atoms with Gasteiger partial charge in [-0.2, -0.15) is 0 Å². The van der Waals surface area contributed by atoms with E-state index in [1.165, 1.54) is 12.1 Å². The molecule has 0 aliphatic carbocycles. The number of ether oxygens (including phenoxy) is 1. The zero-order valence-electron chi connectivity index (χ0n) is 14.7. The fourth-order valence-corrected chi connectivity index (χ4v) is 3.10. The summed E-state index contributed by atoms with van der Waals surface area (Å²) in [7, 11) is 1.56. The Hall–Kier alpha value is -2.89. The van der Waals surface area contributed by atoms with Crippen LogP contribution in [0.3, 0.4) is 0 Å². The Morgan fingerprint density at radius 1 is 1.27 bits per heavy atom. The van der Waals surface area contributed by atoms with Crippen molar-refractivity contribution in [3.63, 3.8) is 0 Å². The van der Waals surface area contributed by atoms with Crippen molar-refractivity contribution < 1.29 is 18.7 Å². The molecule has 1 fully saturated rings. The number of amides is 2. The fourth-order valence-electron chi connectivity index (χ4n) is 3.10. The van der Waals surface area contributed by atoms with Crippen molar-refractivity contribution >= 4 is 17.5 Å². The number of nitrogens with one attached hydrogen (secondary N) is 1. The summed E-state index contributed by atoms with van der Waals surface area (Å²) in [6, 6.07) is 13.0. The Morgan fingerprint density at radius 3 is 2.77 bits per heavy atom. The predicted molar refractivity (Wildman–Crippen MR) is 96.4 cm³/mol. The van der Waals surface area contributed by atoms with Crippen molar-refractivity contribution in [2.45, 2.75) is 19.4 Å². The number of anilines is 1. The maximum Gasteiger partial charge on any atom is 0.227 e. The van der Waals surface area contributed by atoms with Gasteiger partial charge in [-0.3, -0.25) is 9.59 Å². The number of nitrogens with zero attached hydrogens (tertiary/aromatic N) is 1. The molecule has 0 bridgehead atoms. The summed E-state index contributed by atoms with van der Waals surface area (Å²) < 4.78 is 18.5. The summed E-state index contributed by atoms with van der Waals surface area (Å²) in [6.45, 7) is 2.11. The highest BCUT2D eigenvalue weighted by atomic mass is 19.1. The Morgan fingerprint density at radius 2 is 2.04 bits per heavy atom. The van der Waals surface area contributed by atoms with E-state index in [9.17, 15) is 14.0 Å². The molecule has 2 aromatic carbocycles. The number of carbonyl (C=O) groups excluding carboxylic acids is 2. The standard InChI is InChI=1S/C20H21FN2O3/c1-13(14-5-3-6-16(21)9-14)22-20(25)15-10-19(24)23(12-15)17-7-4-8-18(11-17)26-2/h3-9,11,13,15H,10,12H2,1-2H3,(H,22,25)/t13-,15-/m0/s1. The van der Waals surface area contributed by atoms with Gasteiger partial charge in [0, 0.05) is 24.7 Å². The van der Waals surface area contributed by atoms with E-state index in [1.807, 2.05) is 6.07 Å². The molecule has 1 heterocycles. The SMILES string of the molecule is COc1cccc(N2C[C@@H](C(=O)N[C@@H](C)c3cccc(F)c3)CC2=O)c1. The summed E-state index contributed by atoms with van der Waals surface area (Å²) in [5.74, 6) is -0.436. The van der Waals surface area contributed by atoms with Gasteiger partial charge in [-0.15, -0.1) is 0 Å². The molecule has 1 N–H and O–H groups in total. The number of benzene rings is 2. The highest BCUT2D eigenvalue weighted by molar-refractivity contribution is 6.00. The molecule has 0 aromatic heterocycles.